The van der Waals surface area contributed by atoms with Gasteiger partial charge in [-0.25, -0.2) is 0 Å². The van der Waals surface area contributed by atoms with Gasteiger partial charge in [0, 0.05) is 13.0 Å². The van der Waals surface area contributed by atoms with E-state index in [1.54, 1.807) is 0 Å². The lowest BCUT2D eigenvalue weighted by atomic mass is 10.4. The highest BCUT2D eigenvalue weighted by Crippen LogP contribution is 1.89. The van der Waals surface area contributed by atoms with Gasteiger partial charge in [-0.15, -0.1) is 0 Å². The molecule has 0 atom stereocenters. The summed E-state index contributed by atoms with van der Waals surface area (Å²) in [6.45, 7) is 0.488. The largest absolute Gasteiger partial charge is 0.370 e. The van der Waals surface area contributed by atoms with Crippen LogP contribution in [-0.4, -0.2) is 22.6 Å². The minimum Gasteiger partial charge on any atom is -0.370 e. The highest BCUT2D eigenvalue weighted by molar-refractivity contribution is 5.75. The highest BCUT2D eigenvalue weighted by atomic mass is 16.5. The molecule has 0 unspecified atom stereocenters. The molecule has 0 aromatic carbocycles. The van der Waals surface area contributed by atoms with Crippen molar-refractivity contribution in [1.29, 1.82) is 0 Å². The quantitative estimate of drug-likeness (QED) is 0.425. The zero-order chi connectivity index (χ0) is 8.10. The summed E-state index contributed by atoms with van der Waals surface area (Å²) in [7, 11) is 0. The van der Waals surface area contributed by atoms with E-state index in [9.17, 15) is 0 Å². The second-order valence-electron chi connectivity index (χ2n) is 1.90. The van der Waals surface area contributed by atoms with Crippen molar-refractivity contribution in [3.05, 3.63) is 12.2 Å². The number of nitrogens with two attached hydrogens (primary N) is 2. The molecule has 0 amide bonds. The van der Waals surface area contributed by atoms with E-state index in [2.05, 4.69) is 19.7 Å². The van der Waals surface area contributed by atoms with Gasteiger partial charge in [-0.2, -0.15) is 4.98 Å². The van der Waals surface area contributed by atoms with E-state index in [0.29, 0.717) is 18.8 Å². The molecule has 0 aliphatic rings. The molecule has 1 heterocycles. The van der Waals surface area contributed by atoms with Gasteiger partial charge in [0.2, 0.25) is 6.39 Å². The van der Waals surface area contributed by atoms with Crippen LogP contribution in [0.3, 0.4) is 0 Å². The molecule has 6 nitrogen and oxygen atoms in total. The number of nitrogens with zero attached hydrogens (tertiary/aromatic N) is 3. The van der Waals surface area contributed by atoms with Gasteiger partial charge in [0.25, 0.3) is 0 Å². The van der Waals surface area contributed by atoms with E-state index < -0.39 is 0 Å². The first-order valence-electron chi connectivity index (χ1n) is 3.09. The van der Waals surface area contributed by atoms with Gasteiger partial charge in [-0.05, 0) is 0 Å². The van der Waals surface area contributed by atoms with Crippen molar-refractivity contribution < 1.29 is 4.52 Å². The topological polar surface area (TPSA) is 103 Å². The molecule has 4 N–H and O–H groups in total. The number of hydrogen-bond acceptors (Lipinski definition) is 4. The van der Waals surface area contributed by atoms with Crippen LogP contribution in [0.4, 0.5) is 0 Å². The molecule has 0 saturated heterocycles. The minimum atomic E-state index is 0.0773. The van der Waals surface area contributed by atoms with Crippen LogP contribution < -0.4 is 11.5 Å². The summed E-state index contributed by atoms with van der Waals surface area (Å²) < 4.78 is 4.50. The Morgan fingerprint density at radius 1 is 1.64 bits per heavy atom. The van der Waals surface area contributed by atoms with E-state index >= 15 is 0 Å². The molecule has 0 aliphatic carbocycles. The lowest BCUT2D eigenvalue weighted by molar-refractivity contribution is 0.410. The first kappa shape index (κ1) is 7.52. The molecule has 0 spiro atoms. The smallest absolute Gasteiger partial charge is 0.213 e. The number of aromatic nitrogens is 2. The maximum atomic E-state index is 5.10. The maximum absolute atomic E-state index is 5.10. The zero-order valence-corrected chi connectivity index (χ0v) is 5.90. The van der Waals surface area contributed by atoms with Crippen molar-refractivity contribution in [2.75, 3.05) is 6.54 Å². The van der Waals surface area contributed by atoms with Crippen molar-refractivity contribution in [1.82, 2.24) is 10.1 Å². The number of aliphatic imine (C=N–C) groups is 1. The van der Waals surface area contributed by atoms with Crippen LogP contribution >= 0.6 is 0 Å². The number of rotatable bonds is 3. The van der Waals surface area contributed by atoms with Gasteiger partial charge in [-0.3, -0.25) is 4.99 Å². The minimum absolute atomic E-state index is 0.0773. The molecule has 1 aromatic rings. The number of guanidine groups is 1. The Labute approximate surface area is 63.3 Å². The van der Waals surface area contributed by atoms with Crippen LogP contribution in [-0.2, 0) is 6.42 Å². The van der Waals surface area contributed by atoms with Crippen LogP contribution in [0.25, 0.3) is 0 Å². The predicted octanol–water partition coefficient (Wildman–Crippen LogP) is -1.11. The fraction of sp³-hybridized carbons (Fsp3) is 0.400. The standard InChI is InChI=1S/C5H9N5O/c6-5(7)8-2-1-4-9-3-11-10-4/h3H,1-2H2,(H4,6,7,8). The SMILES string of the molecule is NC(N)=NCCc1ncon1. The van der Waals surface area contributed by atoms with E-state index in [4.69, 9.17) is 11.5 Å². The van der Waals surface area contributed by atoms with Crippen molar-refractivity contribution >= 4 is 5.96 Å². The summed E-state index contributed by atoms with van der Waals surface area (Å²) in [5, 5.41) is 3.58. The monoisotopic (exact) mass is 155 g/mol. The Hall–Kier alpha value is -1.59. The lowest BCUT2D eigenvalue weighted by Crippen LogP contribution is -2.23. The Morgan fingerprint density at radius 3 is 3.00 bits per heavy atom. The summed E-state index contributed by atoms with van der Waals surface area (Å²) in [6.07, 6.45) is 1.86. The fourth-order valence-corrected chi connectivity index (χ4v) is 0.588. The Morgan fingerprint density at radius 2 is 2.45 bits per heavy atom. The van der Waals surface area contributed by atoms with Crippen molar-refractivity contribution in [3.63, 3.8) is 0 Å². The second-order valence-corrected chi connectivity index (χ2v) is 1.90. The summed E-state index contributed by atoms with van der Waals surface area (Å²) in [5.74, 6) is 0.684. The van der Waals surface area contributed by atoms with Crippen LogP contribution in [0.1, 0.15) is 5.82 Å². The first-order chi connectivity index (χ1) is 5.29. The molecular formula is C5H9N5O. The van der Waals surface area contributed by atoms with Gasteiger partial charge in [0.05, 0.1) is 0 Å². The zero-order valence-electron chi connectivity index (χ0n) is 5.90. The van der Waals surface area contributed by atoms with Crippen LogP contribution in [0.15, 0.2) is 15.9 Å². The Kier molecular flexibility index (Phi) is 2.42. The van der Waals surface area contributed by atoms with Gasteiger partial charge in [0.15, 0.2) is 11.8 Å². The third-order valence-electron chi connectivity index (χ3n) is 1.04. The van der Waals surface area contributed by atoms with Crippen LogP contribution in [0, 0.1) is 0 Å². The molecular weight excluding hydrogens is 146 g/mol. The first-order valence-corrected chi connectivity index (χ1v) is 3.09. The summed E-state index contributed by atoms with van der Waals surface area (Å²) in [4.78, 5) is 7.53. The van der Waals surface area contributed by atoms with E-state index in [0.717, 1.165) is 0 Å². The Balaban J connectivity index is 2.30. The van der Waals surface area contributed by atoms with E-state index in [-0.39, 0.29) is 5.96 Å². The van der Waals surface area contributed by atoms with E-state index in [1.807, 2.05) is 0 Å². The third-order valence-corrected chi connectivity index (χ3v) is 1.04. The lowest BCUT2D eigenvalue weighted by Gasteiger charge is -1.89. The molecule has 0 saturated carbocycles. The summed E-state index contributed by atoms with van der Waals surface area (Å²) >= 11 is 0. The van der Waals surface area contributed by atoms with Gasteiger partial charge in [0.1, 0.15) is 0 Å². The molecule has 0 bridgehead atoms. The highest BCUT2D eigenvalue weighted by Gasteiger charge is 1.95. The van der Waals surface area contributed by atoms with E-state index in [1.165, 1.54) is 6.39 Å². The summed E-state index contributed by atoms with van der Waals surface area (Å²) in [6, 6.07) is 0. The van der Waals surface area contributed by atoms with Crippen molar-refractivity contribution in [2.45, 2.75) is 6.42 Å². The average Bonchev–Trinajstić information content (AvgIpc) is 2.39. The summed E-state index contributed by atoms with van der Waals surface area (Å²) in [5.41, 5.74) is 10.2. The molecule has 6 heteroatoms. The van der Waals surface area contributed by atoms with Gasteiger partial charge >= 0.3 is 0 Å². The molecule has 11 heavy (non-hydrogen) atoms. The molecule has 1 aromatic heterocycles. The molecule has 60 valence electrons. The number of hydrogen-bond donors (Lipinski definition) is 2. The third kappa shape index (κ3) is 2.65. The molecule has 0 fully saturated rings. The fourth-order valence-electron chi connectivity index (χ4n) is 0.588. The van der Waals surface area contributed by atoms with Crippen LogP contribution in [0.2, 0.25) is 0 Å². The maximum Gasteiger partial charge on any atom is 0.213 e. The second kappa shape index (κ2) is 3.55. The predicted molar refractivity (Wildman–Crippen MR) is 38.7 cm³/mol. The molecule has 0 radical (unpaired) electrons. The Bertz CT molecular complexity index is 225. The van der Waals surface area contributed by atoms with Crippen molar-refractivity contribution in [3.8, 4) is 0 Å². The normalized spacial score (nSPS) is 9.45. The van der Waals surface area contributed by atoms with Gasteiger partial charge < -0.3 is 16.0 Å². The average molecular weight is 155 g/mol. The molecule has 0 aliphatic heterocycles. The van der Waals surface area contributed by atoms with Gasteiger partial charge in [-0.1, -0.05) is 5.16 Å². The molecule has 1 rings (SSSR count). The van der Waals surface area contributed by atoms with Crippen molar-refractivity contribution in [2.24, 2.45) is 16.5 Å². The van der Waals surface area contributed by atoms with Crippen LogP contribution in [0.5, 0.6) is 0 Å².